The third-order valence-electron chi connectivity index (χ3n) is 13.6. The van der Waals surface area contributed by atoms with Crippen molar-refractivity contribution in [3.05, 3.63) is 29.6 Å². The van der Waals surface area contributed by atoms with Crippen LogP contribution in [0.5, 0.6) is 0 Å². The number of nitrogens with zero attached hydrogens (tertiary/aromatic N) is 1. The van der Waals surface area contributed by atoms with E-state index in [1.807, 2.05) is 0 Å². The summed E-state index contributed by atoms with van der Waals surface area (Å²) >= 11 is 0. The van der Waals surface area contributed by atoms with E-state index in [1.165, 1.54) is 315 Å². The Balaban J connectivity index is 2.26. The molecule has 1 rings (SSSR count). The first kappa shape index (κ1) is 55.2. The van der Waals surface area contributed by atoms with Gasteiger partial charge in [0.15, 0.2) is 12.4 Å². The number of aryl methyl sites for hydroxylation is 3. The predicted molar refractivity (Wildman–Crippen MR) is 263 cm³/mol. The molecular formula is C57H110N+. The van der Waals surface area contributed by atoms with Gasteiger partial charge < -0.3 is 0 Å². The number of rotatable bonds is 49. The van der Waals surface area contributed by atoms with Crippen molar-refractivity contribution in [2.75, 3.05) is 0 Å². The van der Waals surface area contributed by atoms with Crippen LogP contribution in [0.2, 0.25) is 0 Å². The van der Waals surface area contributed by atoms with Gasteiger partial charge in [-0.25, -0.2) is 4.57 Å². The molecule has 0 fully saturated rings. The average Bonchev–Trinajstić information content (AvgIpc) is 3.24. The monoisotopic (exact) mass is 809 g/mol. The van der Waals surface area contributed by atoms with Crippen LogP contribution in [0.3, 0.4) is 0 Å². The van der Waals surface area contributed by atoms with Crippen molar-refractivity contribution in [3.63, 3.8) is 0 Å². The van der Waals surface area contributed by atoms with Gasteiger partial charge in [0, 0.05) is 18.1 Å². The van der Waals surface area contributed by atoms with Crippen LogP contribution < -0.4 is 4.57 Å². The molecule has 0 aliphatic rings. The molecule has 1 heteroatoms. The van der Waals surface area contributed by atoms with Crippen molar-refractivity contribution >= 4 is 0 Å². The summed E-state index contributed by atoms with van der Waals surface area (Å²) in [7, 11) is 0. The Bertz CT molecular complexity index is 905. The topological polar surface area (TPSA) is 3.88 Å². The number of pyridine rings is 1. The van der Waals surface area contributed by atoms with Crippen molar-refractivity contribution in [1.82, 2.24) is 0 Å². The van der Waals surface area contributed by atoms with Crippen LogP contribution in [-0.4, -0.2) is 0 Å². The van der Waals surface area contributed by atoms with E-state index in [0.29, 0.717) is 0 Å². The second-order valence-corrected chi connectivity index (χ2v) is 19.4. The Hall–Kier alpha value is -0.850. The molecule has 0 aliphatic carbocycles. The summed E-state index contributed by atoms with van der Waals surface area (Å²) in [5, 5.41) is 0. The SMILES string of the molecule is CCCCCCCCCCCCCCCCCCCc1cc[n+](CCCCCCCCCCCCCC)cc1CCCCCCCCCCCCCCCCCCC. The molecular weight excluding hydrogens is 699 g/mol. The maximum absolute atomic E-state index is 2.58. The summed E-state index contributed by atoms with van der Waals surface area (Å²) in [4.78, 5) is 0. The van der Waals surface area contributed by atoms with Crippen LogP contribution in [0, 0.1) is 0 Å². The zero-order chi connectivity index (χ0) is 41.5. The van der Waals surface area contributed by atoms with Crippen LogP contribution in [-0.2, 0) is 19.4 Å². The smallest absolute Gasteiger partial charge is 0.172 e. The van der Waals surface area contributed by atoms with E-state index >= 15 is 0 Å². The molecule has 1 aromatic rings. The van der Waals surface area contributed by atoms with Gasteiger partial charge in [-0.15, -0.1) is 0 Å². The lowest BCUT2D eigenvalue weighted by Gasteiger charge is -2.10. The van der Waals surface area contributed by atoms with Crippen LogP contribution in [0.4, 0.5) is 0 Å². The lowest BCUT2D eigenvalue weighted by molar-refractivity contribution is -0.697. The fourth-order valence-electron chi connectivity index (χ4n) is 9.44. The zero-order valence-corrected chi connectivity index (χ0v) is 40.8. The summed E-state index contributed by atoms with van der Waals surface area (Å²) in [6, 6.07) is 2.52. The predicted octanol–water partition coefficient (Wildman–Crippen LogP) is 20.1. The van der Waals surface area contributed by atoms with E-state index < -0.39 is 0 Å². The molecule has 0 spiro atoms. The molecule has 0 radical (unpaired) electrons. The molecule has 0 saturated carbocycles. The molecule has 0 amide bonds. The van der Waals surface area contributed by atoms with E-state index in [-0.39, 0.29) is 0 Å². The second kappa shape index (κ2) is 47.2. The Morgan fingerprint density at radius 2 is 0.483 bits per heavy atom. The molecule has 0 N–H and O–H groups in total. The fraction of sp³-hybridized carbons (Fsp3) is 0.912. The summed E-state index contributed by atoms with van der Waals surface area (Å²) < 4.78 is 2.55. The maximum Gasteiger partial charge on any atom is 0.172 e. The number of unbranched alkanes of at least 4 members (excludes halogenated alkanes) is 43. The fourth-order valence-corrected chi connectivity index (χ4v) is 9.44. The maximum atomic E-state index is 2.58. The molecule has 0 unspecified atom stereocenters. The molecule has 0 aromatic carbocycles. The molecule has 0 saturated heterocycles. The Morgan fingerprint density at radius 1 is 0.259 bits per heavy atom. The van der Waals surface area contributed by atoms with E-state index in [2.05, 4.69) is 43.8 Å². The van der Waals surface area contributed by atoms with Crippen molar-refractivity contribution in [3.8, 4) is 0 Å². The molecule has 1 nitrogen and oxygen atoms in total. The van der Waals surface area contributed by atoms with Crippen molar-refractivity contribution in [2.24, 2.45) is 0 Å². The minimum atomic E-state index is 1.21. The van der Waals surface area contributed by atoms with Gasteiger partial charge in [0.1, 0.15) is 6.54 Å². The molecule has 0 bridgehead atoms. The van der Waals surface area contributed by atoms with Gasteiger partial charge in [-0.1, -0.05) is 290 Å². The van der Waals surface area contributed by atoms with Crippen LogP contribution >= 0.6 is 0 Å². The largest absolute Gasteiger partial charge is 0.205 e. The van der Waals surface area contributed by atoms with E-state index in [4.69, 9.17) is 0 Å². The van der Waals surface area contributed by atoms with E-state index in [9.17, 15) is 0 Å². The average molecular weight is 810 g/mol. The Labute approximate surface area is 368 Å². The summed E-state index contributed by atoms with van der Waals surface area (Å²) in [5.74, 6) is 0. The first-order valence-electron chi connectivity index (χ1n) is 27.8. The van der Waals surface area contributed by atoms with E-state index in [1.54, 1.807) is 11.1 Å². The van der Waals surface area contributed by atoms with Crippen molar-refractivity contribution in [1.29, 1.82) is 0 Å². The minimum Gasteiger partial charge on any atom is -0.205 e. The summed E-state index contributed by atoms with van der Waals surface area (Å²) in [6.07, 6.45) is 74.2. The highest BCUT2D eigenvalue weighted by atomic mass is 14.9. The first-order valence-corrected chi connectivity index (χ1v) is 27.8. The van der Waals surface area contributed by atoms with Gasteiger partial charge in [-0.05, 0) is 37.7 Å². The van der Waals surface area contributed by atoms with Crippen LogP contribution in [0.15, 0.2) is 18.5 Å². The summed E-state index contributed by atoms with van der Waals surface area (Å²) in [6.45, 7) is 8.16. The second-order valence-electron chi connectivity index (χ2n) is 19.4. The molecule has 1 heterocycles. The van der Waals surface area contributed by atoms with Crippen LogP contribution in [0.25, 0.3) is 0 Å². The lowest BCUT2D eigenvalue weighted by atomic mass is 9.97. The Kier molecular flexibility index (Phi) is 44.9. The molecule has 1 aromatic heterocycles. The lowest BCUT2D eigenvalue weighted by Crippen LogP contribution is -2.34. The standard InChI is InChI=1S/C57H110N/c1-4-7-10-13-16-19-22-25-27-29-31-33-35-38-41-44-47-50-56-52-54-58(53-49-46-43-40-37-24-21-18-15-12-9-6-3)55-57(56)51-48-45-42-39-36-34-32-30-28-26-23-20-17-14-11-8-5-2/h52,54-55H,4-51,53H2,1-3H3/q+1. The minimum absolute atomic E-state index is 1.21. The molecule has 0 atom stereocenters. The van der Waals surface area contributed by atoms with Gasteiger partial charge in [-0.3, -0.25) is 0 Å². The Morgan fingerprint density at radius 3 is 0.759 bits per heavy atom. The van der Waals surface area contributed by atoms with Gasteiger partial charge in [0.05, 0.1) is 0 Å². The first-order chi connectivity index (χ1) is 28.8. The van der Waals surface area contributed by atoms with Gasteiger partial charge in [-0.2, -0.15) is 0 Å². The van der Waals surface area contributed by atoms with Gasteiger partial charge in [0.25, 0.3) is 0 Å². The highest BCUT2D eigenvalue weighted by Gasteiger charge is 2.10. The zero-order valence-electron chi connectivity index (χ0n) is 40.8. The van der Waals surface area contributed by atoms with Gasteiger partial charge in [0.2, 0.25) is 0 Å². The number of aromatic nitrogens is 1. The third kappa shape index (κ3) is 39.3. The third-order valence-corrected chi connectivity index (χ3v) is 13.6. The molecule has 342 valence electrons. The van der Waals surface area contributed by atoms with Crippen molar-refractivity contribution < 1.29 is 4.57 Å². The molecule has 0 aliphatic heterocycles. The van der Waals surface area contributed by atoms with Gasteiger partial charge >= 0.3 is 0 Å². The summed E-state index contributed by atoms with van der Waals surface area (Å²) in [5.41, 5.74) is 3.35. The highest BCUT2D eigenvalue weighted by Crippen LogP contribution is 2.19. The van der Waals surface area contributed by atoms with Crippen LogP contribution in [0.1, 0.15) is 327 Å². The number of hydrogen-bond donors (Lipinski definition) is 0. The quantitative estimate of drug-likeness (QED) is 0.0456. The number of hydrogen-bond acceptors (Lipinski definition) is 0. The van der Waals surface area contributed by atoms with E-state index in [0.717, 1.165) is 0 Å². The van der Waals surface area contributed by atoms with Crippen molar-refractivity contribution in [2.45, 2.75) is 336 Å². The molecule has 58 heavy (non-hydrogen) atoms. The normalized spacial score (nSPS) is 11.6. The highest BCUT2D eigenvalue weighted by molar-refractivity contribution is 5.21.